The maximum absolute atomic E-state index is 5.70. The third kappa shape index (κ3) is 5.32. The molecule has 18 heavy (non-hydrogen) atoms. The van der Waals surface area contributed by atoms with Crippen LogP contribution >= 0.6 is 11.8 Å². The Hall–Kier alpha value is -0.670. The van der Waals surface area contributed by atoms with Gasteiger partial charge in [0.2, 0.25) is 0 Å². The summed E-state index contributed by atoms with van der Waals surface area (Å²) >= 11 is 1.78. The van der Waals surface area contributed by atoms with Crippen molar-refractivity contribution in [3.8, 4) is 5.75 Å². The van der Waals surface area contributed by atoms with Crippen LogP contribution in [-0.4, -0.2) is 24.9 Å². The summed E-state index contributed by atoms with van der Waals surface area (Å²) in [6.45, 7) is 7.11. The van der Waals surface area contributed by atoms with Gasteiger partial charge in [0.25, 0.3) is 0 Å². The fraction of sp³-hybridized carbons (Fsp3) is 0.600. The van der Waals surface area contributed by atoms with Crippen molar-refractivity contribution >= 4 is 11.8 Å². The molecule has 0 saturated heterocycles. The molecule has 0 fully saturated rings. The van der Waals surface area contributed by atoms with Crippen molar-refractivity contribution in [3.05, 3.63) is 29.8 Å². The van der Waals surface area contributed by atoms with Crippen LogP contribution in [0.25, 0.3) is 0 Å². The second-order valence-corrected chi connectivity index (χ2v) is 5.41. The largest absolute Gasteiger partial charge is 0.465 e. The van der Waals surface area contributed by atoms with Gasteiger partial charge in [-0.15, -0.1) is 0 Å². The normalized spacial score (nSPS) is 14.2. The molecule has 0 aromatic heterocycles. The van der Waals surface area contributed by atoms with E-state index in [4.69, 9.17) is 9.47 Å². The van der Waals surface area contributed by atoms with Crippen molar-refractivity contribution in [3.63, 3.8) is 0 Å². The monoisotopic (exact) mass is 268 g/mol. The molecule has 0 radical (unpaired) electrons. The maximum atomic E-state index is 5.70. The molecule has 0 bridgehead atoms. The Morgan fingerprint density at radius 1 is 1.17 bits per heavy atom. The highest BCUT2D eigenvalue weighted by Gasteiger charge is 2.06. The van der Waals surface area contributed by atoms with E-state index in [1.807, 2.05) is 19.1 Å². The van der Waals surface area contributed by atoms with Crippen LogP contribution in [0.1, 0.15) is 38.7 Å². The molecule has 102 valence electrons. The summed E-state index contributed by atoms with van der Waals surface area (Å²) in [6, 6.07) is 8.32. The van der Waals surface area contributed by atoms with Crippen molar-refractivity contribution in [2.45, 2.75) is 39.4 Å². The van der Waals surface area contributed by atoms with Gasteiger partial charge in [0.05, 0.1) is 6.61 Å². The Labute approximate surface area is 115 Å². The van der Waals surface area contributed by atoms with Crippen molar-refractivity contribution in [1.82, 2.24) is 0 Å². The molecule has 2 atom stereocenters. The van der Waals surface area contributed by atoms with Crippen molar-refractivity contribution in [1.29, 1.82) is 0 Å². The van der Waals surface area contributed by atoms with Crippen molar-refractivity contribution in [2.75, 3.05) is 18.6 Å². The van der Waals surface area contributed by atoms with Crippen LogP contribution in [0.2, 0.25) is 0 Å². The topological polar surface area (TPSA) is 18.5 Å². The van der Waals surface area contributed by atoms with Crippen LogP contribution in [0.4, 0.5) is 0 Å². The summed E-state index contributed by atoms with van der Waals surface area (Å²) in [5, 5.41) is 0. The first kappa shape index (κ1) is 15.4. The third-order valence-electron chi connectivity index (χ3n) is 3.00. The molecule has 0 amide bonds. The molecule has 0 aliphatic heterocycles. The molecule has 0 saturated carbocycles. The number of hydrogen-bond acceptors (Lipinski definition) is 3. The van der Waals surface area contributed by atoms with Crippen LogP contribution in [0.3, 0.4) is 0 Å². The number of rotatable bonds is 8. The van der Waals surface area contributed by atoms with Gasteiger partial charge in [-0.25, -0.2) is 0 Å². The first-order chi connectivity index (χ1) is 8.67. The van der Waals surface area contributed by atoms with E-state index >= 15 is 0 Å². The fourth-order valence-electron chi connectivity index (χ4n) is 1.63. The molecule has 0 heterocycles. The van der Waals surface area contributed by atoms with Gasteiger partial charge in [0, 0.05) is 5.75 Å². The minimum absolute atomic E-state index is 0.188. The van der Waals surface area contributed by atoms with Gasteiger partial charge >= 0.3 is 0 Å². The zero-order valence-corrected chi connectivity index (χ0v) is 12.6. The second kappa shape index (κ2) is 8.44. The van der Waals surface area contributed by atoms with Crippen molar-refractivity contribution in [2.24, 2.45) is 0 Å². The maximum Gasteiger partial charge on any atom is 0.197 e. The first-order valence-electron chi connectivity index (χ1n) is 6.54. The minimum atomic E-state index is -0.188. The third-order valence-corrected chi connectivity index (χ3v) is 3.58. The quantitative estimate of drug-likeness (QED) is 0.517. The molecule has 1 aromatic carbocycles. The summed E-state index contributed by atoms with van der Waals surface area (Å²) in [4.78, 5) is 0. The Balaban J connectivity index is 2.43. The van der Waals surface area contributed by atoms with E-state index < -0.39 is 0 Å². The van der Waals surface area contributed by atoms with Gasteiger partial charge in [-0.2, -0.15) is 11.8 Å². The molecular weight excluding hydrogens is 244 g/mol. The van der Waals surface area contributed by atoms with Crippen LogP contribution in [0.5, 0.6) is 5.75 Å². The molecule has 0 aliphatic rings. The fourth-order valence-corrected chi connectivity index (χ4v) is 1.90. The highest BCUT2D eigenvalue weighted by atomic mass is 32.2. The molecule has 0 N–H and O–H groups in total. The van der Waals surface area contributed by atoms with E-state index in [1.165, 1.54) is 5.56 Å². The van der Waals surface area contributed by atoms with Gasteiger partial charge < -0.3 is 9.47 Å². The zero-order valence-electron chi connectivity index (χ0n) is 11.8. The lowest BCUT2D eigenvalue weighted by molar-refractivity contribution is -0.0602. The number of thioether (sulfide) groups is 1. The van der Waals surface area contributed by atoms with E-state index in [-0.39, 0.29) is 6.29 Å². The lowest BCUT2D eigenvalue weighted by Crippen LogP contribution is -2.17. The van der Waals surface area contributed by atoms with E-state index in [1.54, 1.807) is 11.8 Å². The number of benzene rings is 1. The Morgan fingerprint density at radius 3 is 2.39 bits per heavy atom. The predicted molar refractivity (Wildman–Crippen MR) is 79.6 cm³/mol. The van der Waals surface area contributed by atoms with Crippen LogP contribution in [0.15, 0.2) is 24.3 Å². The molecule has 2 nitrogen and oxygen atoms in total. The molecule has 0 spiro atoms. The summed E-state index contributed by atoms with van der Waals surface area (Å²) < 4.78 is 11.2. The second-order valence-electron chi connectivity index (χ2n) is 4.43. The molecule has 1 rings (SSSR count). The van der Waals surface area contributed by atoms with Gasteiger partial charge in [-0.1, -0.05) is 26.0 Å². The standard InChI is InChI=1S/C15H24O2S/c1-5-12(2)14-6-8-15(9-7-14)17-13(3)16-10-11-18-4/h6-9,12-13H,5,10-11H2,1-4H3. The summed E-state index contributed by atoms with van der Waals surface area (Å²) in [5.41, 5.74) is 1.36. The summed E-state index contributed by atoms with van der Waals surface area (Å²) in [7, 11) is 0. The number of ether oxygens (including phenoxy) is 2. The smallest absolute Gasteiger partial charge is 0.197 e. The predicted octanol–water partition coefficient (Wildman–Crippen LogP) is 4.30. The van der Waals surface area contributed by atoms with Crippen molar-refractivity contribution < 1.29 is 9.47 Å². The minimum Gasteiger partial charge on any atom is -0.465 e. The highest BCUT2D eigenvalue weighted by Crippen LogP contribution is 2.22. The number of hydrogen-bond donors (Lipinski definition) is 0. The van der Waals surface area contributed by atoms with E-state index in [0.29, 0.717) is 5.92 Å². The Kier molecular flexibility index (Phi) is 7.21. The SMILES string of the molecule is CCC(C)c1ccc(OC(C)OCCSC)cc1. The van der Waals surface area contributed by atoms with Crippen LogP contribution in [0, 0.1) is 0 Å². The average Bonchev–Trinajstić information content (AvgIpc) is 2.39. The van der Waals surface area contributed by atoms with Gasteiger partial charge in [0.1, 0.15) is 5.75 Å². The Morgan fingerprint density at radius 2 is 1.83 bits per heavy atom. The lowest BCUT2D eigenvalue weighted by atomic mass is 9.99. The van der Waals surface area contributed by atoms with E-state index in [0.717, 1.165) is 24.5 Å². The van der Waals surface area contributed by atoms with E-state index in [2.05, 4.69) is 32.2 Å². The highest BCUT2D eigenvalue weighted by molar-refractivity contribution is 7.98. The van der Waals surface area contributed by atoms with Crippen LogP contribution < -0.4 is 4.74 Å². The molecule has 0 aliphatic carbocycles. The van der Waals surface area contributed by atoms with Gasteiger partial charge in [0.15, 0.2) is 6.29 Å². The van der Waals surface area contributed by atoms with Gasteiger partial charge in [-0.3, -0.25) is 0 Å². The molecule has 2 unspecified atom stereocenters. The summed E-state index contributed by atoms with van der Waals surface area (Å²) in [5.74, 6) is 2.48. The lowest BCUT2D eigenvalue weighted by Gasteiger charge is -2.16. The molecular formula is C15H24O2S. The zero-order chi connectivity index (χ0) is 13.4. The van der Waals surface area contributed by atoms with Crippen LogP contribution in [-0.2, 0) is 4.74 Å². The molecule has 3 heteroatoms. The average molecular weight is 268 g/mol. The summed E-state index contributed by atoms with van der Waals surface area (Å²) in [6.07, 6.45) is 3.04. The van der Waals surface area contributed by atoms with Gasteiger partial charge in [-0.05, 0) is 43.2 Å². The Bertz CT molecular complexity index is 324. The van der Waals surface area contributed by atoms with E-state index in [9.17, 15) is 0 Å². The molecule has 1 aromatic rings. The first-order valence-corrected chi connectivity index (χ1v) is 7.94.